The monoisotopic (exact) mass is 288 g/mol. The number of hydrogen-bond acceptors (Lipinski definition) is 3. The molecular weight excluding hydrogens is 264 g/mol. The third kappa shape index (κ3) is 3.19. The highest BCUT2D eigenvalue weighted by Crippen LogP contribution is 2.36. The van der Waals surface area contributed by atoms with Gasteiger partial charge in [0.05, 0.1) is 12.2 Å². The van der Waals surface area contributed by atoms with Crippen molar-refractivity contribution in [3.05, 3.63) is 34.9 Å². The summed E-state index contributed by atoms with van der Waals surface area (Å²) < 4.78 is 11.4. The molecule has 21 heavy (non-hydrogen) atoms. The minimum atomic E-state index is -0.179. The minimum absolute atomic E-state index is 0.127. The highest BCUT2D eigenvalue weighted by molar-refractivity contribution is 5.83. The molecule has 1 aromatic carbocycles. The standard InChI is InChI=1S/C18H24O3/c1-13-3-4-15(9-14(13)2)10-17(19)16-5-7-21-18(11-16)6-8-20-12-18/h3-4,9,16H,5-8,10-12H2,1-2H3. The van der Waals surface area contributed by atoms with E-state index >= 15 is 0 Å². The molecule has 2 unspecified atom stereocenters. The van der Waals surface area contributed by atoms with Crippen LogP contribution in [0.25, 0.3) is 0 Å². The number of Topliss-reactive ketones (excluding diaryl/α,β-unsaturated/α-hetero) is 1. The van der Waals surface area contributed by atoms with E-state index in [1.807, 2.05) is 0 Å². The number of hydrogen-bond donors (Lipinski definition) is 0. The number of carbonyl (C=O) groups excluding carboxylic acids is 1. The minimum Gasteiger partial charge on any atom is -0.378 e. The molecule has 3 nitrogen and oxygen atoms in total. The van der Waals surface area contributed by atoms with Crippen molar-refractivity contribution in [1.82, 2.24) is 0 Å². The summed E-state index contributed by atoms with van der Waals surface area (Å²) in [6.07, 6.45) is 3.16. The van der Waals surface area contributed by atoms with Crippen LogP contribution in [0.2, 0.25) is 0 Å². The van der Waals surface area contributed by atoms with Crippen LogP contribution in [0.1, 0.15) is 36.0 Å². The lowest BCUT2D eigenvalue weighted by atomic mass is 9.81. The van der Waals surface area contributed by atoms with Gasteiger partial charge in [0.25, 0.3) is 0 Å². The van der Waals surface area contributed by atoms with Gasteiger partial charge in [-0.1, -0.05) is 18.2 Å². The van der Waals surface area contributed by atoms with Crippen LogP contribution in [0.4, 0.5) is 0 Å². The number of carbonyl (C=O) groups is 1. The summed E-state index contributed by atoms with van der Waals surface area (Å²) in [5, 5.41) is 0. The number of rotatable bonds is 3. The molecule has 0 aliphatic carbocycles. The molecule has 0 radical (unpaired) electrons. The molecular formula is C18H24O3. The second kappa shape index (κ2) is 5.90. The van der Waals surface area contributed by atoms with E-state index in [-0.39, 0.29) is 11.5 Å². The van der Waals surface area contributed by atoms with Crippen molar-refractivity contribution in [3.63, 3.8) is 0 Å². The van der Waals surface area contributed by atoms with E-state index in [9.17, 15) is 4.79 Å². The Kier molecular flexibility index (Phi) is 4.14. The van der Waals surface area contributed by atoms with Crippen LogP contribution < -0.4 is 0 Å². The lowest BCUT2D eigenvalue weighted by molar-refractivity contribution is -0.136. The molecule has 0 saturated carbocycles. The summed E-state index contributed by atoms with van der Waals surface area (Å²) in [6, 6.07) is 6.32. The van der Waals surface area contributed by atoms with Gasteiger partial charge in [0, 0.05) is 32.0 Å². The lowest BCUT2D eigenvalue weighted by Crippen LogP contribution is -2.42. The molecule has 0 N–H and O–H groups in total. The highest BCUT2D eigenvalue weighted by Gasteiger charge is 2.42. The van der Waals surface area contributed by atoms with Crippen LogP contribution in [-0.4, -0.2) is 31.2 Å². The summed E-state index contributed by atoms with van der Waals surface area (Å²) in [7, 11) is 0. The fourth-order valence-corrected chi connectivity index (χ4v) is 3.42. The first-order chi connectivity index (χ1) is 10.1. The van der Waals surface area contributed by atoms with Gasteiger partial charge in [0.15, 0.2) is 0 Å². The van der Waals surface area contributed by atoms with Gasteiger partial charge in [-0.05, 0) is 43.4 Å². The van der Waals surface area contributed by atoms with Crippen LogP contribution >= 0.6 is 0 Å². The Hall–Kier alpha value is -1.19. The Morgan fingerprint density at radius 1 is 1.29 bits per heavy atom. The molecule has 0 aromatic heterocycles. The van der Waals surface area contributed by atoms with Crippen molar-refractivity contribution >= 4 is 5.78 Å². The molecule has 3 heteroatoms. The SMILES string of the molecule is Cc1ccc(CC(=O)C2CCOC3(CCOC3)C2)cc1C. The van der Waals surface area contributed by atoms with Gasteiger partial charge in [0.2, 0.25) is 0 Å². The number of benzene rings is 1. The first-order valence-electron chi connectivity index (χ1n) is 7.89. The quantitative estimate of drug-likeness (QED) is 0.857. The third-order valence-corrected chi connectivity index (χ3v) is 4.97. The second-order valence-corrected chi connectivity index (χ2v) is 6.59. The molecule has 0 bridgehead atoms. The van der Waals surface area contributed by atoms with Crippen LogP contribution in [0.15, 0.2) is 18.2 Å². The molecule has 0 amide bonds. The summed E-state index contributed by atoms with van der Waals surface area (Å²) in [5.74, 6) is 0.481. The maximum atomic E-state index is 12.6. The van der Waals surface area contributed by atoms with Gasteiger partial charge in [0.1, 0.15) is 5.78 Å². The lowest BCUT2D eigenvalue weighted by Gasteiger charge is -2.36. The fraction of sp³-hybridized carbons (Fsp3) is 0.611. The Labute approximate surface area is 126 Å². The van der Waals surface area contributed by atoms with Crippen molar-refractivity contribution < 1.29 is 14.3 Å². The average Bonchev–Trinajstić information content (AvgIpc) is 2.91. The van der Waals surface area contributed by atoms with Crippen molar-refractivity contribution in [1.29, 1.82) is 0 Å². The molecule has 2 saturated heterocycles. The molecule has 2 aliphatic rings. The maximum Gasteiger partial charge on any atom is 0.140 e. The molecule has 1 spiro atoms. The van der Waals surface area contributed by atoms with E-state index < -0.39 is 0 Å². The fourth-order valence-electron chi connectivity index (χ4n) is 3.42. The van der Waals surface area contributed by atoms with E-state index in [2.05, 4.69) is 32.0 Å². The molecule has 2 aliphatic heterocycles. The molecule has 2 atom stereocenters. The largest absolute Gasteiger partial charge is 0.378 e. The number of aryl methyl sites for hydroxylation is 2. The average molecular weight is 288 g/mol. The molecule has 2 heterocycles. The van der Waals surface area contributed by atoms with Gasteiger partial charge < -0.3 is 9.47 Å². The smallest absolute Gasteiger partial charge is 0.140 e. The summed E-state index contributed by atoms with van der Waals surface area (Å²) in [5.41, 5.74) is 3.49. The Morgan fingerprint density at radius 2 is 2.14 bits per heavy atom. The van der Waals surface area contributed by atoms with Gasteiger partial charge in [-0.2, -0.15) is 0 Å². The molecule has 3 rings (SSSR count). The van der Waals surface area contributed by atoms with Crippen LogP contribution in [0, 0.1) is 19.8 Å². The summed E-state index contributed by atoms with van der Waals surface area (Å²) >= 11 is 0. The van der Waals surface area contributed by atoms with E-state index in [0.29, 0.717) is 25.4 Å². The van der Waals surface area contributed by atoms with E-state index in [1.165, 1.54) is 11.1 Å². The van der Waals surface area contributed by atoms with Gasteiger partial charge in [-0.3, -0.25) is 4.79 Å². The molecule has 2 fully saturated rings. The zero-order chi connectivity index (χ0) is 14.9. The van der Waals surface area contributed by atoms with Crippen molar-refractivity contribution in [2.75, 3.05) is 19.8 Å². The van der Waals surface area contributed by atoms with Crippen LogP contribution in [0.3, 0.4) is 0 Å². The maximum absolute atomic E-state index is 12.6. The van der Waals surface area contributed by atoms with E-state index in [1.54, 1.807) is 0 Å². The normalized spacial score (nSPS) is 29.0. The van der Waals surface area contributed by atoms with Gasteiger partial charge in [-0.25, -0.2) is 0 Å². The van der Waals surface area contributed by atoms with E-state index in [0.717, 1.165) is 31.4 Å². The van der Waals surface area contributed by atoms with Gasteiger partial charge in [-0.15, -0.1) is 0 Å². The zero-order valence-corrected chi connectivity index (χ0v) is 13.0. The molecule has 114 valence electrons. The number of ketones is 1. The summed E-state index contributed by atoms with van der Waals surface area (Å²) in [6.45, 7) is 6.30. The number of ether oxygens (including phenoxy) is 2. The zero-order valence-electron chi connectivity index (χ0n) is 13.0. The first kappa shape index (κ1) is 14.7. The second-order valence-electron chi connectivity index (χ2n) is 6.59. The van der Waals surface area contributed by atoms with Crippen molar-refractivity contribution in [2.45, 2.75) is 45.1 Å². The predicted molar refractivity (Wildman–Crippen MR) is 81.5 cm³/mol. The van der Waals surface area contributed by atoms with Crippen LogP contribution in [0.5, 0.6) is 0 Å². The third-order valence-electron chi connectivity index (χ3n) is 4.97. The Morgan fingerprint density at radius 3 is 2.86 bits per heavy atom. The predicted octanol–water partition coefficient (Wildman–Crippen LogP) is 3.00. The topological polar surface area (TPSA) is 35.5 Å². The van der Waals surface area contributed by atoms with Gasteiger partial charge >= 0.3 is 0 Å². The van der Waals surface area contributed by atoms with Crippen molar-refractivity contribution in [3.8, 4) is 0 Å². The van der Waals surface area contributed by atoms with Crippen LogP contribution in [-0.2, 0) is 20.7 Å². The molecule has 1 aromatic rings. The summed E-state index contributed by atoms with van der Waals surface area (Å²) in [4.78, 5) is 12.6. The van der Waals surface area contributed by atoms with E-state index in [4.69, 9.17) is 9.47 Å². The first-order valence-corrected chi connectivity index (χ1v) is 7.89. The Balaban J connectivity index is 1.65. The van der Waals surface area contributed by atoms with Crippen molar-refractivity contribution in [2.24, 2.45) is 5.92 Å². The Bertz CT molecular complexity index is 529. The highest BCUT2D eigenvalue weighted by atomic mass is 16.6.